The van der Waals surface area contributed by atoms with Crippen LogP contribution in [-0.4, -0.2) is 15.0 Å². The molecule has 1 aromatic heterocycles. The van der Waals surface area contributed by atoms with Crippen molar-refractivity contribution in [3.05, 3.63) is 83.5 Å². The predicted molar refractivity (Wildman–Crippen MR) is 94.1 cm³/mol. The molecule has 0 radical (unpaired) electrons. The summed E-state index contributed by atoms with van der Waals surface area (Å²) in [6, 6.07) is 21.0. The van der Waals surface area contributed by atoms with E-state index in [1.165, 1.54) is 11.1 Å². The SMILES string of the molecule is CCCc1nc(CN(Cc2ccccc2)Cc2ccccc2)no1. The van der Waals surface area contributed by atoms with Crippen molar-refractivity contribution in [2.45, 2.75) is 39.4 Å². The van der Waals surface area contributed by atoms with Gasteiger partial charge in [-0.1, -0.05) is 72.7 Å². The first-order chi connectivity index (χ1) is 11.8. The predicted octanol–water partition coefficient (Wildman–Crippen LogP) is 4.22. The first-order valence-corrected chi connectivity index (χ1v) is 8.45. The number of aryl methyl sites for hydroxylation is 1. The maximum atomic E-state index is 5.32. The van der Waals surface area contributed by atoms with E-state index in [-0.39, 0.29) is 0 Å². The third-order valence-corrected chi connectivity index (χ3v) is 3.84. The molecule has 0 aliphatic carbocycles. The van der Waals surface area contributed by atoms with Crippen LogP contribution in [0.15, 0.2) is 65.2 Å². The molecule has 0 spiro atoms. The molecule has 0 aliphatic rings. The Hall–Kier alpha value is -2.46. The summed E-state index contributed by atoms with van der Waals surface area (Å²) in [6.07, 6.45) is 1.85. The number of nitrogens with zero attached hydrogens (tertiary/aromatic N) is 3. The van der Waals surface area contributed by atoms with Crippen molar-refractivity contribution in [2.24, 2.45) is 0 Å². The molecular weight excluding hydrogens is 298 g/mol. The van der Waals surface area contributed by atoms with E-state index in [0.717, 1.165) is 37.6 Å². The minimum Gasteiger partial charge on any atom is -0.339 e. The molecule has 2 aromatic carbocycles. The van der Waals surface area contributed by atoms with Gasteiger partial charge in [0.15, 0.2) is 5.82 Å². The highest BCUT2D eigenvalue weighted by Crippen LogP contribution is 2.13. The molecule has 124 valence electrons. The number of hydrogen-bond donors (Lipinski definition) is 0. The van der Waals surface area contributed by atoms with E-state index in [1.54, 1.807) is 0 Å². The summed E-state index contributed by atoms with van der Waals surface area (Å²) >= 11 is 0. The van der Waals surface area contributed by atoms with Gasteiger partial charge in [-0.2, -0.15) is 4.98 Å². The maximum Gasteiger partial charge on any atom is 0.226 e. The largest absolute Gasteiger partial charge is 0.339 e. The Bertz CT molecular complexity index is 683. The molecule has 0 unspecified atom stereocenters. The highest BCUT2D eigenvalue weighted by molar-refractivity contribution is 5.17. The van der Waals surface area contributed by atoms with Crippen LogP contribution in [0, 0.1) is 0 Å². The van der Waals surface area contributed by atoms with Gasteiger partial charge in [0.25, 0.3) is 0 Å². The molecule has 0 bridgehead atoms. The summed E-state index contributed by atoms with van der Waals surface area (Å²) in [6.45, 7) is 4.50. The van der Waals surface area contributed by atoms with Gasteiger partial charge in [-0.15, -0.1) is 0 Å². The van der Waals surface area contributed by atoms with Gasteiger partial charge >= 0.3 is 0 Å². The Labute approximate surface area is 143 Å². The van der Waals surface area contributed by atoms with Crippen LogP contribution in [-0.2, 0) is 26.1 Å². The standard InChI is InChI=1S/C20H23N3O/c1-2-9-20-21-19(22-24-20)16-23(14-17-10-5-3-6-11-17)15-18-12-7-4-8-13-18/h3-8,10-13H,2,9,14-16H2,1H3. The lowest BCUT2D eigenvalue weighted by Gasteiger charge is -2.21. The summed E-state index contributed by atoms with van der Waals surface area (Å²) in [5, 5.41) is 4.13. The van der Waals surface area contributed by atoms with Crippen LogP contribution in [0.5, 0.6) is 0 Å². The Kier molecular flexibility index (Phi) is 5.75. The summed E-state index contributed by atoms with van der Waals surface area (Å²) < 4.78 is 5.32. The van der Waals surface area contributed by atoms with Gasteiger partial charge in [0.1, 0.15) is 0 Å². The van der Waals surface area contributed by atoms with Crippen molar-refractivity contribution in [3.63, 3.8) is 0 Å². The third-order valence-electron chi connectivity index (χ3n) is 3.84. The number of hydrogen-bond acceptors (Lipinski definition) is 4. The number of aromatic nitrogens is 2. The molecule has 0 atom stereocenters. The number of rotatable bonds is 8. The molecule has 1 heterocycles. The quantitative estimate of drug-likeness (QED) is 0.623. The Balaban J connectivity index is 1.73. The zero-order valence-corrected chi connectivity index (χ0v) is 14.1. The third kappa shape index (κ3) is 4.77. The molecule has 24 heavy (non-hydrogen) atoms. The average Bonchev–Trinajstić information content (AvgIpc) is 3.04. The lowest BCUT2D eigenvalue weighted by Crippen LogP contribution is -2.23. The van der Waals surface area contributed by atoms with E-state index in [2.05, 4.69) is 70.5 Å². The Morgan fingerprint density at radius 3 is 1.96 bits per heavy atom. The zero-order valence-electron chi connectivity index (χ0n) is 14.1. The van der Waals surface area contributed by atoms with Gasteiger partial charge in [-0.3, -0.25) is 4.90 Å². The van der Waals surface area contributed by atoms with Gasteiger partial charge in [-0.05, 0) is 17.5 Å². The van der Waals surface area contributed by atoms with E-state index < -0.39 is 0 Å². The van der Waals surface area contributed by atoms with Crippen molar-refractivity contribution in [1.29, 1.82) is 0 Å². The van der Waals surface area contributed by atoms with Gasteiger partial charge in [-0.25, -0.2) is 0 Å². The summed E-state index contributed by atoms with van der Waals surface area (Å²) in [4.78, 5) is 6.84. The van der Waals surface area contributed by atoms with E-state index >= 15 is 0 Å². The molecule has 4 nitrogen and oxygen atoms in total. The van der Waals surface area contributed by atoms with Crippen molar-refractivity contribution in [1.82, 2.24) is 15.0 Å². The van der Waals surface area contributed by atoms with Crippen LogP contribution in [0.1, 0.15) is 36.2 Å². The Morgan fingerprint density at radius 1 is 0.833 bits per heavy atom. The first-order valence-electron chi connectivity index (χ1n) is 8.45. The highest BCUT2D eigenvalue weighted by atomic mass is 16.5. The van der Waals surface area contributed by atoms with Gasteiger partial charge in [0.2, 0.25) is 5.89 Å². The van der Waals surface area contributed by atoms with Crippen LogP contribution in [0.4, 0.5) is 0 Å². The molecule has 3 aromatic rings. The Morgan fingerprint density at radius 2 is 1.42 bits per heavy atom. The van der Waals surface area contributed by atoms with Crippen LogP contribution in [0.3, 0.4) is 0 Å². The average molecular weight is 321 g/mol. The van der Waals surface area contributed by atoms with Gasteiger partial charge in [0, 0.05) is 19.5 Å². The topological polar surface area (TPSA) is 42.2 Å². The molecule has 3 rings (SSSR count). The lowest BCUT2D eigenvalue weighted by molar-refractivity contribution is 0.237. The van der Waals surface area contributed by atoms with Crippen LogP contribution in [0.25, 0.3) is 0 Å². The van der Waals surface area contributed by atoms with Crippen LogP contribution >= 0.6 is 0 Å². The first kappa shape index (κ1) is 16.4. The second kappa shape index (κ2) is 8.41. The fraction of sp³-hybridized carbons (Fsp3) is 0.300. The molecule has 0 saturated heterocycles. The highest BCUT2D eigenvalue weighted by Gasteiger charge is 2.13. The van der Waals surface area contributed by atoms with E-state index in [4.69, 9.17) is 4.52 Å². The van der Waals surface area contributed by atoms with Gasteiger partial charge < -0.3 is 4.52 Å². The summed E-state index contributed by atoms with van der Waals surface area (Å²) in [7, 11) is 0. The minimum atomic E-state index is 0.678. The zero-order chi connectivity index (χ0) is 16.6. The normalized spacial score (nSPS) is 11.1. The molecule has 0 amide bonds. The monoisotopic (exact) mass is 321 g/mol. The smallest absolute Gasteiger partial charge is 0.226 e. The van der Waals surface area contributed by atoms with Crippen molar-refractivity contribution in [3.8, 4) is 0 Å². The maximum absolute atomic E-state index is 5.32. The van der Waals surface area contributed by atoms with Crippen LogP contribution < -0.4 is 0 Å². The minimum absolute atomic E-state index is 0.678. The molecule has 4 heteroatoms. The fourth-order valence-electron chi connectivity index (χ4n) is 2.72. The summed E-state index contributed by atoms with van der Waals surface area (Å²) in [5.74, 6) is 1.48. The van der Waals surface area contributed by atoms with Gasteiger partial charge in [0.05, 0.1) is 6.54 Å². The van der Waals surface area contributed by atoms with Crippen molar-refractivity contribution < 1.29 is 4.52 Å². The van der Waals surface area contributed by atoms with E-state index in [1.807, 2.05) is 12.1 Å². The van der Waals surface area contributed by atoms with Crippen molar-refractivity contribution in [2.75, 3.05) is 0 Å². The van der Waals surface area contributed by atoms with E-state index in [9.17, 15) is 0 Å². The molecule has 0 saturated carbocycles. The molecular formula is C20H23N3O. The van der Waals surface area contributed by atoms with Crippen molar-refractivity contribution >= 4 is 0 Å². The van der Waals surface area contributed by atoms with Crippen LogP contribution in [0.2, 0.25) is 0 Å². The lowest BCUT2D eigenvalue weighted by atomic mass is 10.1. The van der Waals surface area contributed by atoms with E-state index in [0.29, 0.717) is 6.54 Å². The second-order valence-electron chi connectivity index (χ2n) is 5.97. The fourth-order valence-corrected chi connectivity index (χ4v) is 2.72. The number of benzene rings is 2. The molecule has 0 N–H and O–H groups in total. The molecule has 0 fully saturated rings. The molecule has 0 aliphatic heterocycles. The second-order valence-corrected chi connectivity index (χ2v) is 5.97. The summed E-state index contributed by atoms with van der Waals surface area (Å²) in [5.41, 5.74) is 2.57.